The molecular formula is C8H16FNO3S. The Morgan fingerprint density at radius 3 is 2.43 bits per heavy atom. The van der Waals surface area contributed by atoms with Gasteiger partial charge in [-0.3, -0.25) is 0 Å². The zero-order chi connectivity index (χ0) is 10.9. The van der Waals surface area contributed by atoms with Crippen molar-refractivity contribution in [2.24, 2.45) is 5.92 Å². The van der Waals surface area contributed by atoms with Gasteiger partial charge in [0.05, 0.1) is 5.75 Å². The SMILES string of the molecule is CC(C)CS(=O)(=O)N1C[C@H](O)[C@@H](F)C1. The quantitative estimate of drug-likeness (QED) is 0.734. The molecule has 14 heavy (non-hydrogen) atoms. The summed E-state index contributed by atoms with van der Waals surface area (Å²) in [6.45, 7) is 3.25. The van der Waals surface area contributed by atoms with Gasteiger partial charge in [-0.2, -0.15) is 4.31 Å². The van der Waals surface area contributed by atoms with Gasteiger partial charge in [-0.25, -0.2) is 12.8 Å². The third-order valence-electron chi connectivity index (χ3n) is 2.12. The summed E-state index contributed by atoms with van der Waals surface area (Å²) in [5, 5.41) is 9.08. The van der Waals surface area contributed by atoms with Crippen molar-refractivity contribution in [2.45, 2.75) is 26.1 Å². The highest BCUT2D eigenvalue weighted by atomic mass is 32.2. The molecule has 1 N–H and O–H groups in total. The number of hydrogen-bond acceptors (Lipinski definition) is 3. The highest BCUT2D eigenvalue weighted by Crippen LogP contribution is 2.18. The number of β-amino-alcohol motifs (C(OH)–C–C–N with tert-alkyl or cyclic N) is 1. The molecule has 1 heterocycles. The minimum absolute atomic E-state index is 0.00639. The Balaban J connectivity index is 2.66. The van der Waals surface area contributed by atoms with Crippen LogP contribution in [0.25, 0.3) is 0 Å². The third kappa shape index (κ3) is 2.65. The van der Waals surface area contributed by atoms with Crippen molar-refractivity contribution in [3.8, 4) is 0 Å². The lowest BCUT2D eigenvalue weighted by Crippen LogP contribution is -2.33. The fourth-order valence-corrected chi connectivity index (χ4v) is 3.27. The maximum Gasteiger partial charge on any atom is 0.214 e. The Kier molecular flexibility index (Phi) is 3.49. The molecule has 0 bridgehead atoms. The molecule has 0 aromatic carbocycles. The van der Waals surface area contributed by atoms with Crippen molar-refractivity contribution < 1.29 is 17.9 Å². The van der Waals surface area contributed by atoms with Crippen LogP contribution in [0.1, 0.15) is 13.8 Å². The zero-order valence-corrected chi connectivity index (χ0v) is 9.17. The second-order valence-electron chi connectivity index (χ2n) is 4.07. The molecule has 0 aromatic heterocycles. The second-order valence-corrected chi connectivity index (χ2v) is 6.09. The second kappa shape index (κ2) is 4.12. The molecule has 0 aliphatic carbocycles. The molecule has 1 saturated heterocycles. The van der Waals surface area contributed by atoms with Crippen molar-refractivity contribution in [1.29, 1.82) is 0 Å². The van der Waals surface area contributed by atoms with Gasteiger partial charge in [0, 0.05) is 13.1 Å². The van der Waals surface area contributed by atoms with Crippen LogP contribution in [0.5, 0.6) is 0 Å². The molecule has 6 heteroatoms. The highest BCUT2D eigenvalue weighted by Gasteiger charge is 2.37. The molecule has 4 nitrogen and oxygen atoms in total. The van der Waals surface area contributed by atoms with Crippen LogP contribution < -0.4 is 0 Å². The van der Waals surface area contributed by atoms with Gasteiger partial charge < -0.3 is 5.11 Å². The Bertz CT molecular complexity index is 281. The summed E-state index contributed by atoms with van der Waals surface area (Å²) in [6, 6.07) is 0. The summed E-state index contributed by atoms with van der Waals surface area (Å²) >= 11 is 0. The number of halogens is 1. The first-order valence-corrected chi connectivity index (χ1v) is 6.24. The van der Waals surface area contributed by atoms with E-state index in [1.54, 1.807) is 13.8 Å². The number of aliphatic hydroxyl groups excluding tert-OH is 1. The van der Waals surface area contributed by atoms with Gasteiger partial charge in [-0.1, -0.05) is 13.8 Å². The van der Waals surface area contributed by atoms with Gasteiger partial charge in [0.2, 0.25) is 10.0 Å². The van der Waals surface area contributed by atoms with Crippen molar-refractivity contribution in [3.05, 3.63) is 0 Å². The average Bonchev–Trinajstić information content (AvgIpc) is 2.30. The monoisotopic (exact) mass is 225 g/mol. The molecule has 1 rings (SSSR count). The fraction of sp³-hybridized carbons (Fsp3) is 1.00. The van der Waals surface area contributed by atoms with Crippen LogP contribution in [0, 0.1) is 5.92 Å². The summed E-state index contributed by atoms with van der Waals surface area (Å²) in [6.07, 6.45) is -2.62. The summed E-state index contributed by atoms with van der Waals surface area (Å²) in [4.78, 5) is 0. The molecule has 1 aliphatic rings. The summed E-state index contributed by atoms with van der Waals surface area (Å²) in [5.41, 5.74) is 0. The lowest BCUT2D eigenvalue weighted by molar-refractivity contribution is 0.117. The Morgan fingerprint density at radius 2 is 2.07 bits per heavy atom. The van der Waals surface area contributed by atoms with Gasteiger partial charge in [0.15, 0.2) is 0 Å². The van der Waals surface area contributed by atoms with Gasteiger partial charge >= 0.3 is 0 Å². The molecule has 0 unspecified atom stereocenters. The number of aliphatic hydroxyl groups is 1. The Hall–Kier alpha value is -0.200. The van der Waals surface area contributed by atoms with Crippen molar-refractivity contribution in [1.82, 2.24) is 4.31 Å². The topological polar surface area (TPSA) is 57.6 Å². The first kappa shape index (κ1) is 11.9. The van der Waals surface area contributed by atoms with E-state index in [-0.39, 0.29) is 24.8 Å². The normalized spacial score (nSPS) is 30.1. The predicted molar refractivity (Wildman–Crippen MR) is 51.1 cm³/mol. The zero-order valence-electron chi connectivity index (χ0n) is 8.35. The minimum atomic E-state index is -3.39. The highest BCUT2D eigenvalue weighted by molar-refractivity contribution is 7.89. The number of alkyl halides is 1. The standard InChI is InChI=1S/C8H16FNO3S/c1-6(2)5-14(12,13)10-3-7(9)8(11)4-10/h6-8,11H,3-5H2,1-2H3/t7-,8-/m0/s1. The van der Waals surface area contributed by atoms with Gasteiger partial charge in [-0.15, -0.1) is 0 Å². The molecule has 0 aromatic rings. The first-order valence-electron chi connectivity index (χ1n) is 4.63. The van der Waals surface area contributed by atoms with Gasteiger partial charge in [0.1, 0.15) is 12.3 Å². The molecule has 0 spiro atoms. The molecule has 1 aliphatic heterocycles. The van der Waals surface area contributed by atoms with E-state index in [0.717, 1.165) is 4.31 Å². The fourth-order valence-electron chi connectivity index (χ4n) is 1.47. The molecule has 0 radical (unpaired) electrons. The van der Waals surface area contributed by atoms with Crippen LogP contribution in [-0.2, 0) is 10.0 Å². The van der Waals surface area contributed by atoms with Gasteiger partial charge in [-0.05, 0) is 5.92 Å². The number of sulfonamides is 1. The van der Waals surface area contributed by atoms with Gasteiger partial charge in [0.25, 0.3) is 0 Å². The maximum absolute atomic E-state index is 12.9. The van der Waals surface area contributed by atoms with Crippen LogP contribution in [-0.4, -0.2) is 48.9 Å². The Labute approximate surface area is 83.8 Å². The molecule has 0 amide bonds. The van der Waals surface area contributed by atoms with E-state index >= 15 is 0 Å². The predicted octanol–water partition coefficient (Wildman–Crippen LogP) is -0.0132. The lowest BCUT2D eigenvalue weighted by Gasteiger charge is -2.16. The maximum atomic E-state index is 12.9. The molecule has 0 saturated carbocycles. The number of hydrogen-bond donors (Lipinski definition) is 1. The van der Waals surface area contributed by atoms with Crippen molar-refractivity contribution in [2.75, 3.05) is 18.8 Å². The minimum Gasteiger partial charge on any atom is -0.389 e. The van der Waals surface area contributed by atoms with E-state index in [4.69, 9.17) is 5.11 Å². The summed E-state index contributed by atoms with van der Waals surface area (Å²) in [7, 11) is -3.39. The lowest BCUT2D eigenvalue weighted by atomic mass is 10.3. The van der Waals surface area contributed by atoms with Crippen LogP contribution in [0.4, 0.5) is 4.39 Å². The molecule has 1 fully saturated rings. The van der Waals surface area contributed by atoms with E-state index < -0.39 is 22.3 Å². The number of nitrogens with zero attached hydrogens (tertiary/aromatic N) is 1. The first-order chi connectivity index (χ1) is 6.33. The van der Waals surface area contributed by atoms with E-state index in [2.05, 4.69) is 0 Å². The smallest absolute Gasteiger partial charge is 0.214 e. The van der Waals surface area contributed by atoms with E-state index in [9.17, 15) is 12.8 Å². The van der Waals surface area contributed by atoms with Crippen LogP contribution in [0.2, 0.25) is 0 Å². The average molecular weight is 225 g/mol. The van der Waals surface area contributed by atoms with Crippen LogP contribution >= 0.6 is 0 Å². The summed E-state index contributed by atoms with van der Waals surface area (Å²) < 4.78 is 37.1. The van der Waals surface area contributed by atoms with Crippen molar-refractivity contribution >= 4 is 10.0 Å². The van der Waals surface area contributed by atoms with E-state index in [1.807, 2.05) is 0 Å². The van der Waals surface area contributed by atoms with Crippen LogP contribution in [0.15, 0.2) is 0 Å². The third-order valence-corrected chi connectivity index (χ3v) is 4.30. The summed E-state index contributed by atoms with van der Waals surface area (Å²) in [5.74, 6) is 0.0164. The van der Waals surface area contributed by atoms with Crippen LogP contribution in [0.3, 0.4) is 0 Å². The Morgan fingerprint density at radius 1 is 1.50 bits per heavy atom. The van der Waals surface area contributed by atoms with E-state index in [1.165, 1.54) is 0 Å². The largest absolute Gasteiger partial charge is 0.389 e. The molecular weight excluding hydrogens is 209 g/mol. The molecule has 84 valence electrons. The molecule has 2 atom stereocenters. The van der Waals surface area contributed by atoms with Crippen molar-refractivity contribution in [3.63, 3.8) is 0 Å². The number of rotatable bonds is 3. The van der Waals surface area contributed by atoms with E-state index in [0.29, 0.717) is 0 Å².